The van der Waals surface area contributed by atoms with Crippen LogP contribution in [0.3, 0.4) is 0 Å². The second-order valence-corrected chi connectivity index (χ2v) is 6.22. The first kappa shape index (κ1) is 18.2. The summed E-state index contributed by atoms with van der Waals surface area (Å²) in [5.74, 6) is -0.487. The molecule has 3 rings (SSSR count). The average Bonchev–Trinajstić information content (AvgIpc) is 2.92. The monoisotopic (exact) mass is 366 g/mol. The Balaban J connectivity index is 1.91. The molecule has 138 valence electrons. The highest BCUT2D eigenvalue weighted by molar-refractivity contribution is 6.07. The fraction of sp³-hybridized carbons (Fsp3) is 0.211. The van der Waals surface area contributed by atoms with Crippen molar-refractivity contribution in [3.05, 3.63) is 75.3 Å². The summed E-state index contributed by atoms with van der Waals surface area (Å²) in [7, 11) is 0. The Hall–Kier alpha value is -3.55. The van der Waals surface area contributed by atoms with Crippen LogP contribution in [0.4, 0.5) is 10.5 Å². The molecule has 0 saturated carbocycles. The zero-order valence-electron chi connectivity index (χ0n) is 14.9. The molecule has 2 aromatic rings. The molecule has 3 amide bonds. The van der Waals surface area contributed by atoms with E-state index in [1.54, 1.807) is 43.3 Å². The van der Waals surface area contributed by atoms with Gasteiger partial charge in [-0.3, -0.25) is 14.9 Å². The van der Waals surface area contributed by atoms with E-state index < -0.39 is 22.4 Å². The maximum absolute atomic E-state index is 12.9. The normalized spacial score (nSPS) is 19.6. The largest absolute Gasteiger partial charge is 0.346 e. The first-order valence-electron chi connectivity index (χ1n) is 8.40. The average molecular weight is 366 g/mol. The van der Waals surface area contributed by atoms with Crippen molar-refractivity contribution in [2.75, 3.05) is 0 Å². The molecular weight excluding hydrogens is 348 g/mol. The number of rotatable bonds is 5. The molecule has 1 aliphatic heterocycles. The quantitative estimate of drug-likeness (QED) is 0.380. The second kappa shape index (κ2) is 6.99. The number of nitrogens with one attached hydrogen (secondary N) is 1. The summed E-state index contributed by atoms with van der Waals surface area (Å²) < 4.78 is 0. The summed E-state index contributed by atoms with van der Waals surface area (Å²) in [6.45, 7) is 3.44. The number of carbonyl (C=O) groups excluding carboxylic acids is 2. The van der Waals surface area contributed by atoms with Crippen molar-refractivity contribution in [2.24, 2.45) is 5.10 Å². The van der Waals surface area contributed by atoms with Gasteiger partial charge < -0.3 is 5.32 Å². The molecule has 0 radical (unpaired) electrons. The van der Waals surface area contributed by atoms with Gasteiger partial charge in [-0.05, 0) is 18.9 Å². The maximum atomic E-state index is 12.9. The molecule has 8 nitrogen and oxygen atoms in total. The van der Waals surface area contributed by atoms with Crippen molar-refractivity contribution in [3.8, 4) is 0 Å². The number of nitrogens with zero attached hydrogens (tertiary/aromatic N) is 3. The van der Waals surface area contributed by atoms with Gasteiger partial charge in [0, 0.05) is 17.2 Å². The van der Waals surface area contributed by atoms with Crippen molar-refractivity contribution in [1.29, 1.82) is 0 Å². The Morgan fingerprint density at radius 3 is 2.56 bits per heavy atom. The summed E-state index contributed by atoms with van der Waals surface area (Å²) in [5.41, 5.74) is 0.385. The second-order valence-electron chi connectivity index (χ2n) is 6.22. The third-order valence-corrected chi connectivity index (χ3v) is 4.62. The van der Waals surface area contributed by atoms with Crippen LogP contribution in [0.25, 0.3) is 0 Å². The number of aryl methyl sites for hydroxylation is 1. The first-order chi connectivity index (χ1) is 12.9. The lowest BCUT2D eigenvalue weighted by Crippen LogP contribution is -2.43. The van der Waals surface area contributed by atoms with E-state index in [9.17, 15) is 19.7 Å². The van der Waals surface area contributed by atoms with Crippen LogP contribution in [-0.2, 0) is 10.3 Å². The molecule has 1 fully saturated rings. The number of nitro groups is 1. The van der Waals surface area contributed by atoms with Crippen molar-refractivity contribution < 1.29 is 14.5 Å². The van der Waals surface area contributed by atoms with Crippen LogP contribution < -0.4 is 5.32 Å². The van der Waals surface area contributed by atoms with Crippen LogP contribution in [0.2, 0.25) is 0 Å². The molecule has 2 aromatic carbocycles. The number of amides is 3. The molecule has 0 bridgehead atoms. The minimum Gasteiger partial charge on any atom is -0.318 e. The predicted octanol–water partition coefficient (Wildman–Crippen LogP) is 3.09. The Labute approximate surface area is 155 Å². The molecule has 27 heavy (non-hydrogen) atoms. The standard InChI is InChI=1S/C19H18N4O4/c1-3-19(15-7-5-4-6-8-15)17(24)22(18(25)21-19)20-12-14-10-9-13(2)16(11-14)23(26)27/h4-12H,3H2,1-2H3,(H,21,25)/b20-12-/t19-/m0/s1. The van der Waals surface area contributed by atoms with Gasteiger partial charge in [-0.2, -0.15) is 5.10 Å². The Bertz CT molecular complexity index is 942. The van der Waals surface area contributed by atoms with Gasteiger partial charge in [0.2, 0.25) is 0 Å². The zero-order valence-corrected chi connectivity index (χ0v) is 14.9. The number of benzene rings is 2. The SMILES string of the molecule is CC[C@@]1(c2ccccc2)NC(=O)N(/N=C\c2ccc(C)c([N+](=O)[O-])c2)C1=O. The van der Waals surface area contributed by atoms with E-state index in [2.05, 4.69) is 10.4 Å². The summed E-state index contributed by atoms with van der Waals surface area (Å²) in [5, 5.41) is 18.5. The molecule has 8 heteroatoms. The van der Waals surface area contributed by atoms with Crippen molar-refractivity contribution in [3.63, 3.8) is 0 Å². The summed E-state index contributed by atoms with van der Waals surface area (Å²) in [6.07, 6.45) is 1.63. The number of hydrogen-bond donors (Lipinski definition) is 1. The first-order valence-corrected chi connectivity index (χ1v) is 8.40. The summed E-state index contributed by atoms with van der Waals surface area (Å²) in [4.78, 5) is 35.9. The van der Waals surface area contributed by atoms with Crippen molar-refractivity contribution in [2.45, 2.75) is 25.8 Å². The molecule has 1 aliphatic rings. The third-order valence-electron chi connectivity index (χ3n) is 4.62. The van der Waals surface area contributed by atoms with E-state index in [4.69, 9.17) is 0 Å². The zero-order chi connectivity index (χ0) is 19.6. The van der Waals surface area contributed by atoms with Crippen LogP contribution in [0, 0.1) is 17.0 Å². The molecular formula is C19H18N4O4. The van der Waals surface area contributed by atoms with E-state index >= 15 is 0 Å². The van der Waals surface area contributed by atoms with E-state index in [-0.39, 0.29) is 5.69 Å². The highest BCUT2D eigenvalue weighted by atomic mass is 16.6. The molecule has 1 atom stereocenters. The van der Waals surface area contributed by atoms with Crippen molar-refractivity contribution >= 4 is 23.8 Å². The number of carbonyl (C=O) groups is 2. The van der Waals surface area contributed by atoms with Crippen molar-refractivity contribution in [1.82, 2.24) is 10.3 Å². The molecule has 1 N–H and O–H groups in total. The van der Waals surface area contributed by atoms with Gasteiger partial charge in [0.1, 0.15) is 5.54 Å². The van der Waals surface area contributed by atoms with E-state index in [1.165, 1.54) is 12.3 Å². The predicted molar refractivity (Wildman–Crippen MR) is 99.2 cm³/mol. The highest BCUT2D eigenvalue weighted by Crippen LogP contribution is 2.32. The lowest BCUT2D eigenvalue weighted by molar-refractivity contribution is -0.385. The number of hydrogen-bond acceptors (Lipinski definition) is 5. The molecule has 0 unspecified atom stereocenters. The van der Waals surface area contributed by atoms with Gasteiger partial charge in [-0.15, -0.1) is 5.01 Å². The van der Waals surface area contributed by atoms with E-state index in [0.29, 0.717) is 23.1 Å². The fourth-order valence-electron chi connectivity index (χ4n) is 3.06. The maximum Gasteiger partial charge on any atom is 0.346 e. The van der Waals surface area contributed by atoms with Gasteiger partial charge in [-0.25, -0.2) is 4.79 Å². The lowest BCUT2D eigenvalue weighted by Gasteiger charge is -2.24. The van der Waals surface area contributed by atoms with Crippen LogP contribution >= 0.6 is 0 Å². The highest BCUT2D eigenvalue weighted by Gasteiger charge is 2.51. The summed E-state index contributed by atoms with van der Waals surface area (Å²) >= 11 is 0. The molecule has 0 spiro atoms. The van der Waals surface area contributed by atoms with Gasteiger partial charge in [0.15, 0.2) is 0 Å². The van der Waals surface area contributed by atoms with Crippen LogP contribution in [0.1, 0.15) is 30.0 Å². The van der Waals surface area contributed by atoms with Crippen LogP contribution in [-0.4, -0.2) is 28.1 Å². The van der Waals surface area contributed by atoms with Crippen LogP contribution in [0.5, 0.6) is 0 Å². The minimum absolute atomic E-state index is 0.0525. The third kappa shape index (κ3) is 3.17. The molecule has 1 heterocycles. The molecule has 0 aliphatic carbocycles. The van der Waals surface area contributed by atoms with Gasteiger partial charge in [0.05, 0.1) is 11.1 Å². The number of imide groups is 1. The molecule has 1 saturated heterocycles. The Morgan fingerprint density at radius 1 is 1.22 bits per heavy atom. The van der Waals surface area contributed by atoms with Gasteiger partial charge in [0.25, 0.3) is 11.6 Å². The lowest BCUT2D eigenvalue weighted by atomic mass is 9.87. The van der Waals surface area contributed by atoms with E-state index in [1.807, 2.05) is 13.0 Å². The smallest absolute Gasteiger partial charge is 0.318 e. The van der Waals surface area contributed by atoms with Crippen LogP contribution in [0.15, 0.2) is 53.6 Å². The molecule has 0 aromatic heterocycles. The van der Waals surface area contributed by atoms with Gasteiger partial charge >= 0.3 is 6.03 Å². The number of hydrazone groups is 1. The number of nitro benzene ring substituents is 1. The topological polar surface area (TPSA) is 105 Å². The fourth-order valence-corrected chi connectivity index (χ4v) is 3.06. The number of urea groups is 1. The van der Waals surface area contributed by atoms with Gasteiger partial charge in [-0.1, -0.05) is 49.4 Å². The summed E-state index contributed by atoms with van der Waals surface area (Å²) in [6, 6.07) is 12.9. The Morgan fingerprint density at radius 2 is 1.93 bits per heavy atom. The minimum atomic E-state index is -1.17. The van der Waals surface area contributed by atoms with E-state index in [0.717, 1.165) is 5.01 Å². The Kier molecular flexibility index (Phi) is 4.72.